The van der Waals surface area contributed by atoms with Crippen molar-refractivity contribution in [3.05, 3.63) is 78.9 Å². The van der Waals surface area contributed by atoms with E-state index in [1.54, 1.807) is 7.11 Å². The molecule has 0 radical (unpaired) electrons. The van der Waals surface area contributed by atoms with Crippen molar-refractivity contribution < 1.29 is 14.3 Å². The summed E-state index contributed by atoms with van der Waals surface area (Å²) in [4.78, 5) is 16.7. The third-order valence-electron chi connectivity index (χ3n) is 5.15. The summed E-state index contributed by atoms with van der Waals surface area (Å²) in [5.74, 6) is 1.39. The van der Waals surface area contributed by atoms with Gasteiger partial charge in [-0.15, -0.1) is 0 Å². The molecule has 1 amide bonds. The summed E-state index contributed by atoms with van der Waals surface area (Å²) in [6.45, 7) is 3.76. The van der Waals surface area contributed by atoms with Crippen LogP contribution in [-0.4, -0.2) is 39.4 Å². The van der Waals surface area contributed by atoms with Crippen LogP contribution in [0.2, 0.25) is 0 Å². The molecule has 3 aromatic rings. The molecule has 30 heavy (non-hydrogen) atoms. The van der Waals surface area contributed by atoms with E-state index >= 15 is 0 Å². The van der Waals surface area contributed by atoms with Gasteiger partial charge in [0.25, 0.3) is 0 Å². The van der Waals surface area contributed by atoms with Crippen molar-refractivity contribution in [1.29, 1.82) is 0 Å². The van der Waals surface area contributed by atoms with Crippen LogP contribution in [0.5, 0.6) is 11.5 Å². The molecule has 6 nitrogen and oxygen atoms in total. The number of benzene rings is 3. The Bertz CT molecular complexity index is 951. The Morgan fingerprint density at radius 3 is 1.73 bits per heavy atom. The predicted octanol–water partition coefficient (Wildman–Crippen LogP) is 4.63. The van der Waals surface area contributed by atoms with E-state index in [1.807, 2.05) is 66.7 Å². The van der Waals surface area contributed by atoms with Crippen molar-refractivity contribution in [2.75, 3.05) is 48.4 Å². The number of nitrogens with one attached hydrogen (secondary N) is 1. The van der Waals surface area contributed by atoms with Gasteiger partial charge < -0.3 is 19.3 Å². The normalized spacial score (nSPS) is 13.6. The van der Waals surface area contributed by atoms with Gasteiger partial charge in [-0.2, -0.15) is 0 Å². The van der Waals surface area contributed by atoms with Crippen molar-refractivity contribution in [1.82, 2.24) is 0 Å². The average Bonchev–Trinajstić information content (AvgIpc) is 2.80. The van der Waals surface area contributed by atoms with Gasteiger partial charge in [0.15, 0.2) is 0 Å². The van der Waals surface area contributed by atoms with Gasteiger partial charge in [-0.1, -0.05) is 18.2 Å². The number of carbonyl (C=O) groups is 1. The number of anilines is 3. The Morgan fingerprint density at radius 2 is 1.23 bits per heavy atom. The van der Waals surface area contributed by atoms with Crippen LogP contribution in [0.3, 0.4) is 0 Å². The number of para-hydroxylation sites is 1. The van der Waals surface area contributed by atoms with Gasteiger partial charge in [0.2, 0.25) is 0 Å². The maximum Gasteiger partial charge on any atom is 0.417 e. The third-order valence-corrected chi connectivity index (χ3v) is 5.15. The first kappa shape index (κ1) is 19.6. The molecule has 1 heterocycles. The summed E-state index contributed by atoms with van der Waals surface area (Å²) in [7, 11) is 1.68. The third kappa shape index (κ3) is 4.84. The Balaban J connectivity index is 1.29. The highest BCUT2D eigenvalue weighted by molar-refractivity contribution is 5.86. The van der Waals surface area contributed by atoms with Crippen LogP contribution >= 0.6 is 0 Å². The van der Waals surface area contributed by atoms with Gasteiger partial charge in [0, 0.05) is 43.2 Å². The first-order valence-electron chi connectivity index (χ1n) is 9.99. The second-order valence-electron chi connectivity index (χ2n) is 7.05. The maximum absolute atomic E-state index is 12.0. The quantitative estimate of drug-likeness (QED) is 0.673. The zero-order valence-corrected chi connectivity index (χ0v) is 17.0. The molecule has 0 unspecified atom stereocenters. The molecule has 1 saturated heterocycles. The van der Waals surface area contributed by atoms with Gasteiger partial charge in [-0.3, -0.25) is 5.32 Å². The van der Waals surface area contributed by atoms with Crippen molar-refractivity contribution in [2.24, 2.45) is 0 Å². The summed E-state index contributed by atoms with van der Waals surface area (Å²) in [6, 6.07) is 25.1. The first-order valence-corrected chi connectivity index (χ1v) is 9.99. The number of methoxy groups -OCH3 is 1. The summed E-state index contributed by atoms with van der Waals surface area (Å²) >= 11 is 0. The monoisotopic (exact) mass is 403 g/mol. The largest absolute Gasteiger partial charge is 0.497 e. The Hall–Kier alpha value is -3.67. The van der Waals surface area contributed by atoms with E-state index in [0.717, 1.165) is 37.6 Å². The predicted molar refractivity (Wildman–Crippen MR) is 120 cm³/mol. The minimum Gasteiger partial charge on any atom is -0.497 e. The summed E-state index contributed by atoms with van der Waals surface area (Å²) < 4.78 is 10.6. The van der Waals surface area contributed by atoms with Crippen molar-refractivity contribution in [2.45, 2.75) is 0 Å². The number of hydrogen-bond donors (Lipinski definition) is 1. The molecule has 0 saturated carbocycles. The van der Waals surface area contributed by atoms with Crippen LogP contribution in [0.4, 0.5) is 21.9 Å². The Morgan fingerprint density at radius 1 is 0.733 bits per heavy atom. The number of amides is 1. The van der Waals surface area contributed by atoms with E-state index < -0.39 is 6.09 Å². The molecule has 1 aliphatic heterocycles. The van der Waals surface area contributed by atoms with E-state index in [4.69, 9.17) is 9.47 Å². The smallest absolute Gasteiger partial charge is 0.417 e. The lowest BCUT2D eigenvalue weighted by Gasteiger charge is -2.37. The van der Waals surface area contributed by atoms with E-state index in [2.05, 4.69) is 27.2 Å². The minimum absolute atomic E-state index is 0.498. The number of ether oxygens (including phenoxy) is 2. The SMILES string of the molecule is COc1ccc(N2CCN(c3ccc(OC(=O)Nc4ccccc4)cc3)CC2)cc1. The molecule has 0 aromatic heterocycles. The Kier molecular flexibility index (Phi) is 6.03. The summed E-state index contributed by atoms with van der Waals surface area (Å²) in [5.41, 5.74) is 3.04. The van der Waals surface area contributed by atoms with Crippen LogP contribution in [0.1, 0.15) is 0 Å². The fraction of sp³-hybridized carbons (Fsp3) is 0.208. The van der Waals surface area contributed by atoms with Crippen molar-refractivity contribution in [3.8, 4) is 11.5 Å². The highest BCUT2D eigenvalue weighted by Gasteiger charge is 2.18. The minimum atomic E-state index is -0.498. The van der Waals surface area contributed by atoms with Crippen LogP contribution in [0.15, 0.2) is 78.9 Å². The zero-order chi connectivity index (χ0) is 20.8. The lowest BCUT2D eigenvalue weighted by Crippen LogP contribution is -2.46. The zero-order valence-electron chi connectivity index (χ0n) is 17.0. The molecular formula is C24H25N3O3. The van der Waals surface area contributed by atoms with Crippen LogP contribution in [0, 0.1) is 0 Å². The fourth-order valence-corrected chi connectivity index (χ4v) is 3.51. The average molecular weight is 403 g/mol. The maximum atomic E-state index is 12.0. The molecule has 0 atom stereocenters. The number of piperazine rings is 1. The van der Waals surface area contributed by atoms with Crippen molar-refractivity contribution in [3.63, 3.8) is 0 Å². The van der Waals surface area contributed by atoms with Gasteiger partial charge in [0.05, 0.1) is 7.11 Å². The highest BCUT2D eigenvalue weighted by Crippen LogP contribution is 2.24. The van der Waals surface area contributed by atoms with E-state index in [-0.39, 0.29) is 0 Å². The molecule has 0 spiro atoms. The molecule has 6 heteroatoms. The van der Waals surface area contributed by atoms with Crippen LogP contribution < -0.4 is 24.6 Å². The molecule has 0 bridgehead atoms. The van der Waals surface area contributed by atoms with Crippen LogP contribution in [0.25, 0.3) is 0 Å². The molecular weight excluding hydrogens is 378 g/mol. The topological polar surface area (TPSA) is 54.0 Å². The lowest BCUT2D eigenvalue weighted by atomic mass is 10.2. The molecule has 1 fully saturated rings. The number of hydrogen-bond acceptors (Lipinski definition) is 5. The van der Waals surface area contributed by atoms with Gasteiger partial charge in [-0.25, -0.2) is 4.79 Å². The van der Waals surface area contributed by atoms with E-state index in [9.17, 15) is 4.79 Å². The lowest BCUT2D eigenvalue weighted by molar-refractivity contribution is 0.215. The second-order valence-corrected chi connectivity index (χ2v) is 7.05. The molecule has 154 valence electrons. The molecule has 3 aromatic carbocycles. The molecule has 1 aliphatic rings. The summed E-state index contributed by atoms with van der Waals surface area (Å²) in [6.07, 6.45) is -0.498. The van der Waals surface area contributed by atoms with E-state index in [1.165, 1.54) is 5.69 Å². The van der Waals surface area contributed by atoms with Gasteiger partial charge in [0.1, 0.15) is 11.5 Å². The van der Waals surface area contributed by atoms with E-state index in [0.29, 0.717) is 11.4 Å². The summed E-state index contributed by atoms with van der Waals surface area (Å²) in [5, 5.41) is 2.71. The van der Waals surface area contributed by atoms with Crippen molar-refractivity contribution >= 4 is 23.2 Å². The fourth-order valence-electron chi connectivity index (χ4n) is 3.51. The van der Waals surface area contributed by atoms with Gasteiger partial charge in [-0.05, 0) is 60.7 Å². The molecule has 1 N–H and O–H groups in total. The standard InChI is InChI=1S/C24H25N3O3/c1-29-22-11-7-20(8-12-22)26-15-17-27(18-16-26)21-9-13-23(14-10-21)30-24(28)25-19-5-3-2-4-6-19/h2-14H,15-18H2,1H3,(H,25,28). The number of carbonyl (C=O) groups excluding carboxylic acids is 1. The first-order chi connectivity index (χ1) is 14.7. The molecule has 4 rings (SSSR count). The highest BCUT2D eigenvalue weighted by atomic mass is 16.6. The second kappa shape index (κ2) is 9.22. The van der Waals surface area contributed by atoms with Crippen LogP contribution in [-0.2, 0) is 0 Å². The van der Waals surface area contributed by atoms with Gasteiger partial charge >= 0.3 is 6.09 Å². The molecule has 0 aliphatic carbocycles. The number of rotatable bonds is 5. The number of nitrogens with zero attached hydrogens (tertiary/aromatic N) is 2. The Labute approximate surface area is 176 Å².